The zero-order valence-electron chi connectivity index (χ0n) is 7.69. The van der Waals surface area contributed by atoms with Crippen LogP contribution in [0.1, 0.15) is 5.56 Å². The number of aromatic nitrogens is 2. The van der Waals surface area contributed by atoms with Crippen LogP contribution < -0.4 is 0 Å². The van der Waals surface area contributed by atoms with Crippen LogP contribution in [0.15, 0.2) is 29.9 Å². The Morgan fingerprint density at radius 3 is 3.00 bits per heavy atom. The summed E-state index contributed by atoms with van der Waals surface area (Å²) in [6.45, 7) is 2.10. The van der Waals surface area contributed by atoms with E-state index in [-0.39, 0.29) is 0 Å². The number of hydrogen-bond donors (Lipinski definition) is 0. The van der Waals surface area contributed by atoms with Crippen LogP contribution >= 0.6 is 11.3 Å². The molecule has 0 spiro atoms. The van der Waals surface area contributed by atoms with E-state index in [1.54, 1.807) is 11.3 Å². The summed E-state index contributed by atoms with van der Waals surface area (Å²) >= 11 is 1.67. The predicted molar refractivity (Wildman–Crippen MR) is 59.7 cm³/mol. The highest BCUT2D eigenvalue weighted by Gasteiger charge is 2.05. The second-order valence-corrected chi connectivity index (χ2v) is 4.17. The van der Waals surface area contributed by atoms with Crippen molar-refractivity contribution in [1.82, 2.24) is 9.97 Å². The van der Waals surface area contributed by atoms with E-state index < -0.39 is 0 Å². The summed E-state index contributed by atoms with van der Waals surface area (Å²) in [7, 11) is 0. The lowest BCUT2D eigenvalue weighted by atomic mass is 10.1. The SMILES string of the molecule is Cc1ccnc2ccc3scnc3c12. The van der Waals surface area contributed by atoms with Gasteiger partial charge in [0.05, 0.1) is 21.2 Å². The Hall–Kier alpha value is -1.48. The fourth-order valence-corrected chi connectivity index (χ4v) is 2.41. The smallest absolute Gasteiger partial charge is 0.0908 e. The standard InChI is InChI=1S/C11H8N2S/c1-7-4-5-12-8-2-3-9-11(10(7)8)13-6-14-9/h2-6H,1H3. The summed E-state index contributed by atoms with van der Waals surface area (Å²) in [5.41, 5.74) is 5.24. The van der Waals surface area contributed by atoms with Crippen LogP contribution in [-0.4, -0.2) is 9.97 Å². The number of nitrogens with zero attached hydrogens (tertiary/aromatic N) is 2. The molecule has 3 aromatic rings. The van der Waals surface area contributed by atoms with Gasteiger partial charge in [-0.15, -0.1) is 11.3 Å². The zero-order chi connectivity index (χ0) is 9.54. The van der Waals surface area contributed by atoms with Crippen LogP contribution in [0.25, 0.3) is 21.1 Å². The van der Waals surface area contributed by atoms with Crippen molar-refractivity contribution in [2.24, 2.45) is 0 Å². The molecular weight excluding hydrogens is 192 g/mol. The van der Waals surface area contributed by atoms with E-state index in [1.807, 2.05) is 17.8 Å². The van der Waals surface area contributed by atoms with Crippen molar-refractivity contribution in [3.8, 4) is 0 Å². The average Bonchev–Trinajstić information content (AvgIpc) is 2.65. The lowest BCUT2D eigenvalue weighted by Crippen LogP contribution is -1.83. The molecule has 1 aromatic carbocycles. The molecule has 0 unspecified atom stereocenters. The van der Waals surface area contributed by atoms with Crippen molar-refractivity contribution in [2.45, 2.75) is 6.92 Å². The van der Waals surface area contributed by atoms with Gasteiger partial charge in [0.2, 0.25) is 0 Å². The molecule has 0 N–H and O–H groups in total. The van der Waals surface area contributed by atoms with E-state index >= 15 is 0 Å². The quantitative estimate of drug-likeness (QED) is 0.557. The molecule has 3 rings (SSSR count). The highest BCUT2D eigenvalue weighted by molar-refractivity contribution is 7.16. The Morgan fingerprint density at radius 2 is 2.07 bits per heavy atom. The Bertz CT molecular complexity index is 613. The third-order valence-electron chi connectivity index (χ3n) is 2.41. The highest BCUT2D eigenvalue weighted by Crippen LogP contribution is 2.27. The van der Waals surface area contributed by atoms with Crippen molar-refractivity contribution in [3.05, 3.63) is 35.5 Å². The van der Waals surface area contributed by atoms with Gasteiger partial charge in [-0.05, 0) is 30.7 Å². The number of pyridine rings is 1. The van der Waals surface area contributed by atoms with Crippen LogP contribution in [0, 0.1) is 6.92 Å². The fraction of sp³-hybridized carbons (Fsp3) is 0.0909. The van der Waals surface area contributed by atoms with Gasteiger partial charge in [0.15, 0.2) is 0 Å². The first-order valence-electron chi connectivity index (χ1n) is 4.44. The van der Waals surface area contributed by atoms with E-state index in [0.29, 0.717) is 0 Å². The van der Waals surface area contributed by atoms with Gasteiger partial charge in [-0.3, -0.25) is 4.98 Å². The monoisotopic (exact) mass is 200 g/mol. The van der Waals surface area contributed by atoms with Gasteiger partial charge in [-0.25, -0.2) is 4.98 Å². The minimum atomic E-state index is 1.03. The van der Waals surface area contributed by atoms with Gasteiger partial charge in [-0.2, -0.15) is 0 Å². The second-order valence-electron chi connectivity index (χ2n) is 3.29. The first kappa shape index (κ1) is 7.88. The number of rotatable bonds is 0. The number of benzene rings is 1. The molecule has 0 aliphatic rings. The first-order chi connectivity index (χ1) is 6.86. The molecule has 2 heterocycles. The average molecular weight is 200 g/mol. The van der Waals surface area contributed by atoms with Crippen LogP contribution in [0.4, 0.5) is 0 Å². The highest BCUT2D eigenvalue weighted by atomic mass is 32.1. The summed E-state index contributed by atoms with van der Waals surface area (Å²) in [6.07, 6.45) is 1.84. The van der Waals surface area contributed by atoms with Crippen molar-refractivity contribution < 1.29 is 0 Å². The molecule has 2 aromatic heterocycles. The normalized spacial score (nSPS) is 11.2. The van der Waals surface area contributed by atoms with E-state index in [0.717, 1.165) is 11.0 Å². The molecule has 0 aliphatic heterocycles. The number of hydrogen-bond acceptors (Lipinski definition) is 3. The summed E-state index contributed by atoms with van der Waals surface area (Å²) in [5, 5.41) is 1.19. The fourth-order valence-electron chi connectivity index (χ4n) is 1.73. The third-order valence-corrected chi connectivity index (χ3v) is 3.21. The summed E-state index contributed by atoms with van der Waals surface area (Å²) in [4.78, 5) is 8.72. The molecular formula is C11H8N2S. The zero-order valence-corrected chi connectivity index (χ0v) is 8.51. The number of fused-ring (bicyclic) bond motifs is 3. The van der Waals surface area contributed by atoms with Crippen molar-refractivity contribution in [1.29, 1.82) is 0 Å². The largest absolute Gasteiger partial charge is 0.256 e. The Balaban J connectivity index is 2.67. The Labute approximate surface area is 85.2 Å². The van der Waals surface area contributed by atoms with Crippen LogP contribution in [0.2, 0.25) is 0 Å². The molecule has 0 atom stereocenters. The van der Waals surface area contributed by atoms with Gasteiger partial charge in [0.25, 0.3) is 0 Å². The molecule has 0 fully saturated rings. The van der Waals surface area contributed by atoms with Gasteiger partial charge in [0.1, 0.15) is 0 Å². The predicted octanol–water partition coefficient (Wildman–Crippen LogP) is 3.15. The van der Waals surface area contributed by atoms with Crippen molar-refractivity contribution in [2.75, 3.05) is 0 Å². The minimum absolute atomic E-state index is 1.03. The summed E-state index contributed by atoms with van der Waals surface area (Å²) < 4.78 is 1.23. The van der Waals surface area contributed by atoms with E-state index in [4.69, 9.17) is 0 Å². The third kappa shape index (κ3) is 0.960. The molecule has 2 nitrogen and oxygen atoms in total. The van der Waals surface area contributed by atoms with E-state index in [9.17, 15) is 0 Å². The maximum atomic E-state index is 4.39. The van der Waals surface area contributed by atoms with E-state index in [1.165, 1.54) is 15.6 Å². The Kier molecular flexibility index (Phi) is 1.55. The molecule has 14 heavy (non-hydrogen) atoms. The minimum Gasteiger partial charge on any atom is -0.256 e. The van der Waals surface area contributed by atoms with Gasteiger partial charge in [-0.1, -0.05) is 0 Å². The molecule has 0 saturated carbocycles. The number of thiazole rings is 1. The molecule has 0 radical (unpaired) electrons. The first-order valence-corrected chi connectivity index (χ1v) is 5.32. The summed E-state index contributed by atoms with van der Waals surface area (Å²) in [5.74, 6) is 0. The van der Waals surface area contributed by atoms with Crippen LogP contribution in [0.3, 0.4) is 0 Å². The number of aryl methyl sites for hydroxylation is 1. The van der Waals surface area contributed by atoms with E-state index in [2.05, 4.69) is 29.0 Å². The summed E-state index contributed by atoms with van der Waals surface area (Å²) in [6, 6.07) is 6.17. The maximum Gasteiger partial charge on any atom is 0.0908 e. The van der Waals surface area contributed by atoms with Crippen LogP contribution in [-0.2, 0) is 0 Å². The molecule has 68 valence electrons. The molecule has 0 aliphatic carbocycles. The van der Waals surface area contributed by atoms with Crippen LogP contribution in [0.5, 0.6) is 0 Å². The molecule has 0 saturated heterocycles. The lowest BCUT2D eigenvalue weighted by molar-refractivity contribution is 1.37. The maximum absolute atomic E-state index is 4.39. The molecule has 0 amide bonds. The molecule has 3 heteroatoms. The van der Waals surface area contributed by atoms with Gasteiger partial charge in [0, 0.05) is 11.6 Å². The molecule has 0 bridgehead atoms. The van der Waals surface area contributed by atoms with Gasteiger partial charge >= 0.3 is 0 Å². The Morgan fingerprint density at radius 1 is 1.14 bits per heavy atom. The van der Waals surface area contributed by atoms with Gasteiger partial charge < -0.3 is 0 Å². The lowest BCUT2D eigenvalue weighted by Gasteiger charge is -2.00. The topological polar surface area (TPSA) is 25.8 Å². The van der Waals surface area contributed by atoms with Crippen molar-refractivity contribution in [3.63, 3.8) is 0 Å². The van der Waals surface area contributed by atoms with Crippen molar-refractivity contribution >= 4 is 32.5 Å². The second kappa shape index (κ2) is 2.75.